The van der Waals surface area contributed by atoms with Crippen molar-refractivity contribution >= 4 is 0 Å². The monoisotopic (exact) mass is 322 g/mol. The average molecular weight is 323 g/mol. The summed E-state index contributed by atoms with van der Waals surface area (Å²) in [7, 11) is 0. The van der Waals surface area contributed by atoms with Crippen molar-refractivity contribution in [3.8, 4) is 0 Å². The lowest BCUT2D eigenvalue weighted by molar-refractivity contribution is 0.0823. The Kier molecular flexibility index (Phi) is 6.00. The van der Waals surface area contributed by atoms with Gasteiger partial charge in [-0.15, -0.1) is 0 Å². The van der Waals surface area contributed by atoms with Gasteiger partial charge < -0.3 is 22.9 Å². The molecule has 3 fully saturated rings. The summed E-state index contributed by atoms with van der Waals surface area (Å²) in [6, 6.07) is 1.45. The van der Waals surface area contributed by atoms with Crippen LogP contribution in [0.1, 0.15) is 70.6 Å². The van der Waals surface area contributed by atoms with Crippen molar-refractivity contribution in [2.75, 3.05) is 0 Å². The molecule has 4 heteroatoms. The molecular weight excluding hydrogens is 284 g/mol. The van der Waals surface area contributed by atoms with Gasteiger partial charge in [0.25, 0.3) is 0 Å². The molecule has 3 saturated carbocycles. The predicted molar refractivity (Wildman–Crippen MR) is 96.6 cm³/mol. The zero-order valence-electron chi connectivity index (χ0n) is 14.7. The summed E-state index contributed by atoms with van der Waals surface area (Å²) in [5, 5.41) is 0. The van der Waals surface area contributed by atoms with Gasteiger partial charge in [-0.1, -0.05) is 0 Å². The third-order valence-corrected chi connectivity index (χ3v) is 7.04. The van der Waals surface area contributed by atoms with Crippen molar-refractivity contribution < 1.29 is 0 Å². The van der Waals surface area contributed by atoms with Crippen LogP contribution >= 0.6 is 0 Å². The van der Waals surface area contributed by atoms with Crippen LogP contribution in [0.5, 0.6) is 0 Å². The molecule has 0 aromatic heterocycles. The molecule has 0 amide bonds. The third-order valence-electron chi connectivity index (χ3n) is 7.04. The maximum absolute atomic E-state index is 6.34. The van der Waals surface area contributed by atoms with Crippen LogP contribution in [0.25, 0.3) is 0 Å². The van der Waals surface area contributed by atoms with Crippen molar-refractivity contribution in [2.24, 2.45) is 46.6 Å². The number of hydrogen-bond donors (Lipinski definition) is 4. The Labute approximate surface area is 142 Å². The minimum Gasteiger partial charge on any atom is -0.328 e. The van der Waals surface area contributed by atoms with Gasteiger partial charge in [0.1, 0.15) is 0 Å². The molecule has 5 atom stereocenters. The molecule has 3 aliphatic carbocycles. The van der Waals surface area contributed by atoms with Crippen molar-refractivity contribution in [1.29, 1.82) is 0 Å². The first-order valence-electron chi connectivity index (χ1n) is 10.0. The van der Waals surface area contributed by atoms with Gasteiger partial charge in [-0.05, 0) is 94.3 Å². The van der Waals surface area contributed by atoms with Crippen molar-refractivity contribution in [3.05, 3.63) is 0 Å². The topological polar surface area (TPSA) is 104 Å². The van der Waals surface area contributed by atoms with Gasteiger partial charge in [-0.25, -0.2) is 0 Å². The quantitative estimate of drug-likeness (QED) is 0.638. The first-order chi connectivity index (χ1) is 11.0. The largest absolute Gasteiger partial charge is 0.328 e. The van der Waals surface area contributed by atoms with Gasteiger partial charge in [0.2, 0.25) is 0 Å². The molecule has 0 aromatic rings. The number of nitrogens with two attached hydrogens (primary N) is 4. The molecule has 0 radical (unpaired) electrons. The molecule has 23 heavy (non-hydrogen) atoms. The van der Waals surface area contributed by atoms with Gasteiger partial charge in [0.15, 0.2) is 0 Å². The smallest absolute Gasteiger partial charge is 0.00563 e. The lowest BCUT2D eigenvalue weighted by atomic mass is 9.63. The molecule has 5 unspecified atom stereocenters. The van der Waals surface area contributed by atoms with E-state index < -0.39 is 0 Å². The van der Waals surface area contributed by atoms with Crippen LogP contribution in [0, 0.1) is 23.7 Å². The van der Waals surface area contributed by atoms with E-state index in [1.165, 1.54) is 51.4 Å². The summed E-state index contributed by atoms with van der Waals surface area (Å²) in [5.74, 6) is 3.20. The maximum Gasteiger partial charge on any atom is 0.00563 e. The van der Waals surface area contributed by atoms with Crippen LogP contribution in [0.3, 0.4) is 0 Å². The first kappa shape index (κ1) is 17.7. The maximum atomic E-state index is 6.34. The molecule has 3 rings (SSSR count). The average Bonchev–Trinajstić information content (AvgIpc) is 2.50. The van der Waals surface area contributed by atoms with Crippen LogP contribution < -0.4 is 22.9 Å². The summed E-state index contributed by atoms with van der Waals surface area (Å²) in [4.78, 5) is 0. The fourth-order valence-electron chi connectivity index (χ4n) is 5.83. The fourth-order valence-corrected chi connectivity index (χ4v) is 5.83. The molecule has 134 valence electrons. The standard InChI is InChI=1S/C19H38N4/c20-15-4-1-12(2-5-15)7-13-3-6-16(21)11-19(13)14-8-17(22)10-18(23)9-14/h12-19H,1-11,20-23H2. The Morgan fingerprint density at radius 1 is 0.565 bits per heavy atom. The second-order valence-electron chi connectivity index (χ2n) is 9.00. The zero-order valence-corrected chi connectivity index (χ0v) is 14.7. The Hall–Kier alpha value is -0.160. The van der Waals surface area contributed by atoms with Gasteiger partial charge in [-0.3, -0.25) is 0 Å². The molecule has 0 bridgehead atoms. The zero-order chi connectivity index (χ0) is 16.4. The summed E-state index contributed by atoms with van der Waals surface area (Å²) in [6.07, 6.45) is 13.6. The highest BCUT2D eigenvalue weighted by Crippen LogP contribution is 2.44. The summed E-state index contributed by atoms with van der Waals surface area (Å²) in [6.45, 7) is 0. The third kappa shape index (κ3) is 4.68. The van der Waals surface area contributed by atoms with E-state index in [4.69, 9.17) is 22.9 Å². The highest BCUT2D eigenvalue weighted by molar-refractivity contribution is 4.93. The van der Waals surface area contributed by atoms with Crippen molar-refractivity contribution in [2.45, 2.75) is 94.8 Å². The van der Waals surface area contributed by atoms with Crippen LogP contribution in [-0.4, -0.2) is 24.2 Å². The van der Waals surface area contributed by atoms with E-state index in [1.807, 2.05) is 0 Å². The fraction of sp³-hybridized carbons (Fsp3) is 1.00. The summed E-state index contributed by atoms with van der Waals surface area (Å²) < 4.78 is 0. The summed E-state index contributed by atoms with van der Waals surface area (Å²) >= 11 is 0. The normalized spacial score (nSPS) is 49.0. The van der Waals surface area contributed by atoms with E-state index in [9.17, 15) is 0 Å². The Morgan fingerprint density at radius 2 is 1.17 bits per heavy atom. The summed E-state index contributed by atoms with van der Waals surface area (Å²) in [5.41, 5.74) is 25.0. The van der Waals surface area contributed by atoms with Gasteiger partial charge in [0.05, 0.1) is 0 Å². The van der Waals surface area contributed by atoms with Crippen LogP contribution in [-0.2, 0) is 0 Å². The van der Waals surface area contributed by atoms with E-state index in [-0.39, 0.29) is 0 Å². The lowest BCUT2D eigenvalue weighted by Gasteiger charge is -2.45. The first-order valence-corrected chi connectivity index (χ1v) is 10.0. The Balaban J connectivity index is 1.62. The predicted octanol–water partition coefficient (Wildman–Crippen LogP) is 2.09. The highest BCUT2D eigenvalue weighted by Gasteiger charge is 2.39. The SMILES string of the molecule is NC1CCC(CC2CCC(N)CC2C2CC(N)CC(N)C2)CC1. The van der Waals surface area contributed by atoms with Crippen molar-refractivity contribution in [3.63, 3.8) is 0 Å². The van der Waals surface area contributed by atoms with Gasteiger partial charge in [0, 0.05) is 24.2 Å². The molecule has 0 saturated heterocycles. The lowest BCUT2D eigenvalue weighted by Crippen LogP contribution is -2.46. The second kappa shape index (κ2) is 7.81. The van der Waals surface area contributed by atoms with Crippen LogP contribution in [0.15, 0.2) is 0 Å². The van der Waals surface area contributed by atoms with E-state index in [2.05, 4.69) is 0 Å². The van der Waals surface area contributed by atoms with E-state index in [0.717, 1.165) is 37.0 Å². The second-order valence-corrected chi connectivity index (χ2v) is 9.00. The van der Waals surface area contributed by atoms with Gasteiger partial charge >= 0.3 is 0 Å². The molecule has 3 aliphatic rings. The van der Waals surface area contributed by atoms with E-state index >= 15 is 0 Å². The van der Waals surface area contributed by atoms with Gasteiger partial charge in [-0.2, -0.15) is 0 Å². The molecule has 4 nitrogen and oxygen atoms in total. The molecular formula is C19H38N4. The molecule has 8 N–H and O–H groups in total. The number of hydrogen-bond acceptors (Lipinski definition) is 4. The van der Waals surface area contributed by atoms with Crippen LogP contribution in [0.4, 0.5) is 0 Å². The van der Waals surface area contributed by atoms with E-state index in [1.54, 1.807) is 0 Å². The van der Waals surface area contributed by atoms with E-state index in [0.29, 0.717) is 30.1 Å². The molecule has 0 spiro atoms. The van der Waals surface area contributed by atoms with Crippen molar-refractivity contribution in [1.82, 2.24) is 0 Å². The highest BCUT2D eigenvalue weighted by atomic mass is 14.7. The molecule has 0 aliphatic heterocycles. The Bertz CT molecular complexity index is 356. The van der Waals surface area contributed by atoms with Crippen LogP contribution in [0.2, 0.25) is 0 Å². The molecule has 0 aromatic carbocycles. The minimum atomic E-state index is 0.301. The Morgan fingerprint density at radius 3 is 1.83 bits per heavy atom. The molecule has 0 heterocycles. The number of rotatable bonds is 3. The minimum absolute atomic E-state index is 0.301.